The lowest BCUT2D eigenvalue weighted by atomic mass is 10.1. The minimum Gasteiger partial charge on any atom is -0.506 e. The number of nitrogens with one attached hydrogen (secondary N) is 2. The SMILES string of the molecule is CC(C)CCc1cnc(-c2ccc(O)c(N3CC(=O)NS3(=O)=O)c2F)[nH]1. The zero-order valence-corrected chi connectivity index (χ0v) is 15.1. The number of nitrogens with zero attached hydrogens (tertiary/aromatic N) is 2. The largest absolute Gasteiger partial charge is 0.506 e. The average Bonchev–Trinajstić information content (AvgIpc) is 3.09. The molecule has 2 heterocycles. The van der Waals surface area contributed by atoms with Gasteiger partial charge in [-0.1, -0.05) is 13.8 Å². The summed E-state index contributed by atoms with van der Waals surface area (Å²) < 4.78 is 41.2. The summed E-state index contributed by atoms with van der Waals surface area (Å²) >= 11 is 0. The highest BCUT2D eigenvalue weighted by Gasteiger charge is 2.38. The number of aromatic hydroxyl groups is 1. The van der Waals surface area contributed by atoms with E-state index < -0.39 is 39.9 Å². The Morgan fingerprint density at radius 3 is 2.73 bits per heavy atom. The van der Waals surface area contributed by atoms with Crippen molar-refractivity contribution in [3.05, 3.63) is 29.8 Å². The highest BCUT2D eigenvalue weighted by atomic mass is 32.2. The average molecular weight is 382 g/mol. The predicted octanol–water partition coefficient (Wildman–Crippen LogP) is 1.69. The molecule has 0 bridgehead atoms. The van der Waals surface area contributed by atoms with Crippen molar-refractivity contribution in [3.63, 3.8) is 0 Å². The molecule has 0 aliphatic carbocycles. The Morgan fingerprint density at radius 1 is 1.38 bits per heavy atom. The van der Waals surface area contributed by atoms with E-state index in [1.54, 1.807) is 10.9 Å². The highest BCUT2D eigenvalue weighted by molar-refractivity contribution is 7.92. The van der Waals surface area contributed by atoms with Crippen LogP contribution in [0.5, 0.6) is 5.75 Å². The number of phenolic OH excluding ortho intramolecular Hbond substituents is 1. The third kappa shape index (κ3) is 3.36. The molecule has 1 aliphatic heterocycles. The van der Waals surface area contributed by atoms with Crippen molar-refractivity contribution in [2.24, 2.45) is 5.92 Å². The number of aryl methyl sites for hydroxylation is 1. The molecule has 1 amide bonds. The van der Waals surface area contributed by atoms with Gasteiger partial charge in [0.25, 0.3) is 5.91 Å². The normalized spacial score (nSPS) is 16.3. The molecule has 0 unspecified atom stereocenters. The van der Waals surface area contributed by atoms with Crippen LogP contribution in [0, 0.1) is 11.7 Å². The molecule has 0 radical (unpaired) electrons. The second kappa shape index (κ2) is 6.60. The Labute approximate surface area is 150 Å². The molecule has 1 saturated heterocycles. The molecule has 3 rings (SSSR count). The summed E-state index contributed by atoms with van der Waals surface area (Å²) in [7, 11) is -4.24. The van der Waals surface area contributed by atoms with Crippen LogP contribution in [0.25, 0.3) is 11.4 Å². The molecule has 1 aromatic heterocycles. The van der Waals surface area contributed by atoms with E-state index >= 15 is 0 Å². The van der Waals surface area contributed by atoms with Gasteiger partial charge < -0.3 is 10.1 Å². The van der Waals surface area contributed by atoms with E-state index in [4.69, 9.17) is 0 Å². The van der Waals surface area contributed by atoms with Crippen LogP contribution >= 0.6 is 0 Å². The van der Waals surface area contributed by atoms with Gasteiger partial charge in [0.1, 0.15) is 23.8 Å². The summed E-state index contributed by atoms with van der Waals surface area (Å²) in [6, 6.07) is 2.47. The first-order valence-corrected chi connectivity index (χ1v) is 9.52. The first-order valence-electron chi connectivity index (χ1n) is 8.08. The van der Waals surface area contributed by atoms with Crippen molar-refractivity contribution in [2.75, 3.05) is 10.8 Å². The number of aromatic nitrogens is 2. The second-order valence-corrected chi connectivity index (χ2v) is 8.12. The van der Waals surface area contributed by atoms with Crippen molar-refractivity contribution < 1.29 is 22.7 Å². The number of H-pyrrole nitrogens is 1. The molecule has 0 spiro atoms. The third-order valence-corrected chi connectivity index (χ3v) is 5.42. The number of hydrogen-bond acceptors (Lipinski definition) is 5. The number of aromatic amines is 1. The van der Waals surface area contributed by atoms with Crippen LogP contribution in [0.4, 0.5) is 10.1 Å². The Balaban J connectivity index is 2.00. The molecule has 1 fully saturated rings. The number of amides is 1. The summed E-state index contributed by atoms with van der Waals surface area (Å²) in [4.78, 5) is 18.6. The van der Waals surface area contributed by atoms with Crippen molar-refractivity contribution >= 4 is 21.8 Å². The lowest BCUT2D eigenvalue weighted by Gasteiger charge is -2.18. The van der Waals surface area contributed by atoms with Gasteiger partial charge in [-0.05, 0) is 30.9 Å². The first-order chi connectivity index (χ1) is 12.2. The van der Waals surface area contributed by atoms with Gasteiger partial charge in [0.15, 0.2) is 5.82 Å². The zero-order valence-electron chi connectivity index (χ0n) is 14.3. The lowest BCUT2D eigenvalue weighted by Crippen LogP contribution is -2.30. The van der Waals surface area contributed by atoms with Crippen LogP contribution in [0.3, 0.4) is 0 Å². The van der Waals surface area contributed by atoms with Gasteiger partial charge in [-0.2, -0.15) is 8.42 Å². The second-order valence-electron chi connectivity index (χ2n) is 6.52. The highest BCUT2D eigenvalue weighted by Crippen LogP contribution is 2.38. The quantitative estimate of drug-likeness (QED) is 0.728. The summed E-state index contributed by atoms with van der Waals surface area (Å²) in [6.45, 7) is 3.58. The van der Waals surface area contributed by atoms with E-state index in [-0.39, 0.29) is 11.4 Å². The molecular formula is C16H19FN4O4S. The van der Waals surface area contributed by atoms with Crippen LogP contribution in [-0.4, -0.2) is 35.9 Å². The van der Waals surface area contributed by atoms with Crippen molar-refractivity contribution in [1.29, 1.82) is 0 Å². The molecule has 1 aliphatic rings. The maximum atomic E-state index is 15.0. The molecule has 0 saturated carbocycles. The molecule has 8 nitrogen and oxygen atoms in total. The fraction of sp³-hybridized carbons (Fsp3) is 0.375. The topological polar surface area (TPSA) is 115 Å². The predicted molar refractivity (Wildman–Crippen MR) is 93.2 cm³/mol. The molecule has 2 aromatic rings. The number of rotatable bonds is 5. The Kier molecular flexibility index (Phi) is 4.61. The van der Waals surface area contributed by atoms with E-state index in [0.717, 1.165) is 18.5 Å². The minimum absolute atomic E-state index is 0.00291. The maximum Gasteiger partial charge on any atom is 0.326 e. The number of phenols is 1. The number of anilines is 1. The maximum absolute atomic E-state index is 15.0. The number of hydrogen-bond donors (Lipinski definition) is 3. The molecule has 0 atom stereocenters. The van der Waals surface area contributed by atoms with Crippen LogP contribution in [0.2, 0.25) is 0 Å². The summed E-state index contributed by atoms with van der Waals surface area (Å²) in [6.07, 6.45) is 3.28. The number of imidazole rings is 1. The number of halogens is 1. The fourth-order valence-corrected chi connectivity index (χ4v) is 3.85. The Hall–Kier alpha value is -2.62. The molecule has 140 valence electrons. The first kappa shape index (κ1) is 18.2. The van der Waals surface area contributed by atoms with Crippen LogP contribution in [-0.2, 0) is 21.4 Å². The zero-order chi connectivity index (χ0) is 19.1. The van der Waals surface area contributed by atoms with Gasteiger partial charge in [0.2, 0.25) is 0 Å². The van der Waals surface area contributed by atoms with E-state index in [1.165, 1.54) is 12.1 Å². The van der Waals surface area contributed by atoms with Gasteiger partial charge in [-0.25, -0.2) is 18.4 Å². The van der Waals surface area contributed by atoms with Crippen molar-refractivity contribution in [1.82, 2.24) is 14.7 Å². The molecule has 10 heteroatoms. The van der Waals surface area contributed by atoms with E-state index in [2.05, 4.69) is 23.8 Å². The third-order valence-electron chi connectivity index (χ3n) is 4.04. The monoisotopic (exact) mass is 382 g/mol. The Morgan fingerprint density at radius 2 is 2.12 bits per heavy atom. The number of carbonyl (C=O) groups is 1. The van der Waals surface area contributed by atoms with Crippen LogP contribution in [0.15, 0.2) is 18.3 Å². The van der Waals surface area contributed by atoms with Crippen molar-refractivity contribution in [3.8, 4) is 17.1 Å². The van der Waals surface area contributed by atoms with Gasteiger partial charge in [0, 0.05) is 11.9 Å². The van der Waals surface area contributed by atoms with Crippen LogP contribution in [0.1, 0.15) is 26.0 Å². The summed E-state index contributed by atoms with van der Waals surface area (Å²) in [5.41, 5.74) is 0.248. The number of benzene rings is 1. The van der Waals surface area contributed by atoms with Gasteiger partial charge >= 0.3 is 10.2 Å². The smallest absolute Gasteiger partial charge is 0.326 e. The number of carbonyl (C=O) groups excluding carboxylic acids is 1. The van der Waals surface area contributed by atoms with E-state index in [1.807, 2.05) is 0 Å². The molecule has 3 N–H and O–H groups in total. The summed E-state index contributed by atoms with van der Waals surface area (Å²) in [5, 5.41) is 9.98. The van der Waals surface area contributed by atoms with Gasteiger partial charge in [-0.15, -0.1) is 0 Å². The molecule has 1 aromatic carbocycles. The minimum atomic E-state index is -4.24. The van der Waals surface area contributed by atoms with Crippen molar-refractivity contribution in [2.45, 2.75) is 26.7 Å². The molecule has 26 heavy (non-hydrogen) atoms. The molecular weight excluding hydrogens is 363 g/mol. The lowest BCUT2D eigenvalue weighted by molar-refractivity contribution is -0.117. The van der Waals surface area contributed by atoms with E-state index in [9.17, 15) is 22.7 Å². The van der Waals surface area contributed by atoms with Crippen LogP contribution < -0.4 is 9.03 Å². The fourth-order valence-electron chi connectivity index (χ4n) is 2.69. The van der Waals surface area contributed by atoms with Gasteiger partial charge in [0.05, 0.1) is 5.56 Å². The Bertz CT molecular complexity index is 955. The summed E-state index contributed by atoms with van der Waals surface area (Å²) in [5.74, 6) is -1.64. The van der Waals surface area contributed by atoms with Gasteiger partial charge in [-0.3, -0.25) is 4.79 Å². The van der Waals surface area contributed by atoms with E-state index in [0.29, 0.717) is 10.2 Å². The standard InChI is InChI=1S/C16H19FN4O4S/c1-9(2)3-4-10-7-18-16(19-10)11-5-6-12(22)15(14(11)17)21-8-13(23)20-26(21,24)25/h5-7,9,22H,3-4,8H2,1-2H3,(H,18,19)(H,20,23).